The zero-order chi connectivity index (χ0) is 9.47. The minimum atomic E-state index is -0.221. The summed E-state index contributed by atoms with van der Waals surface area (Å²) in [7, 11) is 0. The summed E-state index contributed by atoms with van der Waals surface area (Å²) < 4.78 is 4.89. The van der Waals surface area contributed by atoms with Gasteiger partial charge in [0.25, 0.3) is 0 Å². The van der Waals surface area contributed by atoms with E-state index >= 15 is 0 Å². The lowest BCUT2D eigenvalue weighted by Gasteiger charge is -2.37. The van der Waals surface area contributed by atoms with Crippen LogP contribution < -0.4 is 0 Å². The van der Waals surface area contributed by atoms with Crippen LogP contribution in [0, 0.1) is 0 Å². The summed E-state index contributed by atoms with van der Waals surface area (Å²) in [5, 5.41) is 1.30. The Morgan fingerprint density at radius 3 is 2.46 bits per heavy atom. The van der Waals surface area contributed by atoms with Gasteiger partial charge in [-0.05, 0) is 17.7 Å². The Hall–Kier alpha value is 0.110. The number of hydrogen-bond acceptors (Lipinski definition) is 2. The molecule has 1 nitrogen and oxygen atoms in total. The molecule has 1 aliphatic rings. The summed E-state index contributed by atoms with van der Waals surface area (Å²) in [4.78, 5) is 0. The van der Waals surface area contributed by atoms with Gasteiger partial charge >= 0.3 is 0 Å². The first kappa shape index (κ1) is 9.66. The molecule has 0 saturated carbocycles. The molecule has 0 aliphatic carbocycles. The molecule has 1 aromatic rings. The first-order valence-electron chi connectivity index (χ1n) is 3.87. The van der Waals surface area contributed by atoms with Crippen molar-refractivity contribution in [3.63, 3.8) is 0 Å². The molecule has 1 heterocycles. The lowest BCUT2D eigenvalue weighted by molar-refractivity contribution is -0.00964. The average Bonchev–Trinajstić information content (AvgIpc) is 2.00. The molecule has 70 valence electrons. The van der Waals surface area contributed by atoms with Gasteiger partial charge in [0.15, 0.2) is 0 Å². The maximum atomic E-state index is 6.04. The van der Waals surface area contributed by atoms with Gasteiger partial charge in [-0.3, -0.25) is 0 Å². The first-order valence-corrected chi connectivity index (χ1v) is 5.08. The molecule has 0 spiro atoms. The molecular formula is C9H8Cl2OS. The molecular weight excluding hydrogens is 227 g/mol. The molecule has 0 aromatic heterocycles. The van der Waals surface area contributed by atoms with Gasteiger partial charge in [0.05, 0.1) is 18.0 Å². The Morgan fingerprint density at radius 1 is 1.31 bits per heavy atom. The van der Waals surface area contributed by atoms with E-state index in [9.17, 15) is 0 Å². The number of benzene rings is 1. The molecule has 2 rings (SSSR count). The molecule has 1 saturated heterocycles. The number of rotatable bonds is 1. The van der Waals surface area contributed by atoms with Gasteiger partial charge in [-0.1, -0.05) is 29.3 Å². The van der Waals surface area contributed by atoms with Crippen molar-refractivity contribution in [1.29, 1.82) is 0 Å². The third-order valence-electron chi connectivity index (χ3n) is 2.11. The van der Waals surface area contributed by atoms with Gasteiger partial charge in [-0.2, -0.15) is 12.6 Å². The fraction of sp³-hybridized carbons (Fsp3) is 0.333. The zero-order valence-corrected chi connectivity index (χ0v) is 9.16. The van der Waals surface area contributed by atoms with E-state index in [1.54, 1.807) is 6.07 Å². The van der Waals surface area contributed by atoms with Gasteiger partial charge < -0.3 is 4.74 Å². The number of hydrogen-bond donors (Lipinski definition) is 1. The number of halogens is 2. The van der Waals surface area contributed by atoms with E-state index in [1.165, 1.54) is 0 Å². The largest absolute Gasteiger partial charge is 0.378 e. The van der Waals surface area contributed by atoms with Crippen molar-refractivity contribution in [3.8, 4) is 0 Å². The van der Waals surface area contributed by atoms with Crippen molar-refractivity contribution in [2.24, 2.45) is 0 Å². The lowest BCUT2D eigenvalue weighted by Crippen LogP contribution is -2.41. The lowest BCUT2D eigenvalue weighted by atomic mass is 9.96. The van der Waals surface area contributed by atoms with Crippen LogP contribution in [0.15, 0.2) is 18.2 Å². The minimum Gasteiger partial charge on any atom is -0.378 e. The number of thiol groups is 1. The van der Waals surface area contributed by atoms with Crippen LogP contribution in [0.4, 0.5) is 0 Å². The van der Waals surface area contributed by atoms with Crippen molar-refractivity contribution in [2.75, 3.05) is 13.2 Å². The van der Waals surface area contributed by atoms with E-state index in [-0.39, 0.29) is 4.75 Å². The molecule has 0 N–H and O–H groups in total. The summed E-state index contributed by atoms with van der Waals surface area (Å²) in [6, 6.07) is 5.45. The van der Waals surface area contributed by atoms with Crippen LogP contribution in [0.5, 0.6) is 0 Å². The summed E-state index contributed by atoms with van der Waals surface area (Å²) in [6.45, 7) is 1.22. The Balaban J connectivity index is 2.40. The van der Waals surface area contributed by atoms with E-state index < -0.39 is 0 Å². The van der Waals surface area contributed by atoms with Crippen molar-refractivity contribution in [2.45, 2.75) is 4.75 Å². The van der Waals surface area contributed by atoms with Gasteiger partial charge in [0.2, 0.25) is 0 Å². The molecule has 0 bridgehead atoms. The standard InChI is InChI=1S/C9H8Cl2OS/c10-6-1-2-7(8(11)3-6)9(13)4-12-5-9/h1-3,13H,4-5H2. The highest BCUT2D eigenvalue weighted by molar-refractivity contribution is 7.81. The molecule has 0 radical (unpaired) electrons. The van der Waals surface area contributed by atoms with Crippen LogP contribution in [0.25, 0.3) is 0 Å². The molecule has 1 aromatic carbocycles. The van der Waals surface area contributed by atoms with Crippen LogP contribution in [-0.2, 0) is 9.48 Å². The van der Waals surface area contributed by atoms with Crippen molar-refractivity contribution >= 4 is 35.8 Å². The van der Waals surface area contributed by atoms with Gasteiger partial charge in [0.1, 0.15) is 0 Å². The van der Waals surface area contributed by atoms with E-state index in [1.807, 2.05) is 12.1 Å². The fourth-order valence-corrected chi connectivity index (χ4v) is 2.35. The third kappa shape index (κ3) is 1.68. The van der Waals surface area contributed by atoms with Crippen molar-refractivity contribution in [1.82, 2.24) is 0 Å². The third-order valence-corrected chi connectivity index (χ3v) is 3.16. The van der Waals surface area contributed by atoms with Crippen LogP contribution >= 0.6 is 35.8 Å². The Bertz CT molecular complexity index is 336. The normalized spacial score (nSPS) is 19.6. The Kier molecular flexibility index (Phi) is 2.49. The maximum Gasteiger partial charge on any atom is 0.0858 e. The second-order valence-electron chi connectivity index (χ2n) is 3.15. The fourth-order valence-electron chi connectivity index (χ4n) is 1.32. The summed E-state index contributed by atoms with van der Waals surface area (Å²) in [5.74, 6) is 0. The summed E-state index contributed by atoms with van der Waals surface area (Å²) in [5.41, 5.74) is 0.994. The topological polar surface area (TPSA) is 9.23 Å². The minimum absolute atomic E-state index is 0.221. The quantitative estimate of drug-likeness (QED) is 0.735. The Morgan fingerprint density at radius 2 is 2.00 bits per heavy atom. The van der Waals surface area contributed by atoms with Crippen molar-refractivity contribution in [3.05, 3.63) is 33.8 Å². The Labute approximate surface area is 92.4 Å². The molecule has 4 heteroatoms. The smallest absolute Gasteiger partial charge is 0.0858 e. The molecule has 0 unspecified atom stereocenters. The molecule has 0 atom stereocenters. The molecule has 13 heavy (non-hydrogen) atoms. The predicted molar refractivity (Wildman–Crippen MR) is 57.9 cm³/mol. The first-order chi connectivity index (χ1) is 6.12. The zero-order valence-electron chi connectivity index (χ0n) is 6.76. The molecule has 1 aliphatic heterocycles. The predicted octanol–water partition coefficient (Wildman–Crippen LogP) is 3.15. The van der Waals surface area contributed by atoms with Crippen LogP contribution in [0.2, 0.25) is 10.0 Å². The molecule has 1 fully saturated rings. The summed E-state index contributed by atoms with van der Waals surface area (Å²) in [6.07, 6.45) is 0. The molecule has 0 amide bonds. The van der Waals surface area contributed by atoms with E-state index in [0.29, 0.717) is 23.3 Å². The second kappa shape index (κ2) is 3.35. The van der Waals surface area contributed by atoms with Crippen LogP contribution in [-0.4, -0.2) is 13.2 Å². The van der Waals surface area contributed by atoms with Crippen molar-refractivity contribution < 1.29 is 4.74 Å². The highest BCUT2D eigenvalue weighted by atomic mass is 35.5. The number of ether oxygens (including phenoxy) is 1. The van der Waals surface area contributed by atoms with E-state index in [2.05, 4.69) is 12.6 Å². The SMILES string of the molecule is SC1(c2ccc(Cl)cc2Cl)COC1. The monoisotopic (exact) mass is 234 g/mol. The van der Waals surface area contributed by atoms with Crippen LogP contribution in [0.3, 0.4) is 0 Å². The van der Waals surface area contributed by atoms with Gasteiger partial charge in [-0.15, -0.1) is 0 Å². The second-order valence-corrected chi connectivity index (χ2v) is 4.85. The maximum absolute atomic E-state index is 6.04. The highest BCUT2D eigenvalue weighted by Gasteiger charge is 2.38. The highest BCUT2D eigenvalue weighted by Crippen LogP contribution is 2.40. The average molecular weight is 235 g/mol. The van der Waals surface area contributed by atoms with Crippen LogP contribution in [0.1, 0.15) is 5.56 Å². The van der Waals surface area contributed by atoms with Gasteiger partial charge in [0, 0.05) is 10.0 Å². The van der Waals surface area contributed by atoms with E-state index in [0.717, 1.165) is 5.56 Å². The van der Waals surface area contributed by atoms with Gasteiger partial charge in [-0.25, -0.2) is 0 Å². The summed E-state index contributed by atoms with van der Waals surface area (Å²) >= 11 is 16.3. The van der Waals surface area contributed by atoms with E-state index in [4.69, 9.17) is 27.9 Å².